The molecule has 1 unspecified atom stereocenters. The van der Waals surface area contributed by atoms with E-state index in [9.17, 15) is 19.8 Å². The summed E-state index contributed by atoms with van der Waals surface area (Å²) in [6, 6.07) is 0. The van der Waals surface area contributed by atoms with Gasteiger partial charge in [0.05, 0.1) is 0 Å². The van der Waals surface area contributed by atoms with Gasteiger partial charge in [-0.1, -0.05) is 110 Å². The van der Waals surface area contributed by atoms with E-state index in [-0.39, 0.29) is 6.42 Å². The Morgan fingerprint density at radius 2 is 1.10 bits per heavy atom. The first-order chi connectivity index (χ1) is 14.1. The van der Waals surface area contributed by atoms with Crippen LogP contribution in [0.4, 0.5) is 0 Å². The first-order valence-electron chi connectivity index (χ1n) is 12.1. The van der Waals surface area contributed by atoms with Crippen molar-refractivity contribution in [3.8, 4) is 0 Å². The lowest BCUT2D eigenvalue weighted by Gasteiger charge is -2.17. The van der Waals surface area contributed by atoms with Crippen molar-refractivity contribution in [1.82, 2.24) is 0 Å². The second-order valence-electron chi connectivity index (χ2n) is 8.30. The Morgan fingerprint density at radius 1 is 0.690 bits per heavy atom. The van der Waals surface area contributed by atoms with E-state index in [2.05, 4.69) is 6.92 Å². The second-order valence-corrected chi connectivity index (χ2v) is 9.45. The van der Waals surface area contributed by atoms with Crippen molar-refractivity contribution in [3.63, 3.8) is 0 Å². The summed E-state index contributed by atoms with van der Waals surface area (Å²) in [5.41, 5.74) is 0. The van der Waals surface area contributed by atoms with Gasteiger partial charge in [-0.25, -0.2) is 0 Å². The SMILES string of the molecule is CCCCCCCCCCCCCCCCCCC(CSCCC(=O)[O-])C(=O)[O-]. The van der Waals surface area contributed by atoms with Crippen LogP contribution in [0.15, 0.2) is 0 Å². The maximum absolute atomic E-state index is 11.2. The summed E-state index contributed by atoms with van der Waals surface area (Å²) in [6.45, 7) is 2.26. The summed E-state index contributed by atoms with van der Waals surface area (Å²) in [6.07, 6.45) is 21.5. The molecule has 5 heteroatoms. The molecule has 0 fully saturated rings. The summed E-state index contributed by atoms with van der Waals surface area (Å²) < 4.78 is 0. The van der Waals surface area contributed by atoms with E-state index < -0.39 is 17.9 Å². The molecule has 0 aromatic carbocycles. The molecule has 4 nitrogen and oxygen atoms in total. The molecule has 0 N–H and O–H groups in total. The summed E-state index contributed by atoms with van der Waals surface area (Å²) in [5, 5.41) is 21.5. The van der Waals surface area contributed by atoms with Gasteiger partial charge in [-0.3, -0.25) is 0 Å². The maximum atomic E-state index is 11.2. The number of hydrogen-bond acceptors (Lipinski definition) is 5. The third-order valence-electron chi connectivity index (χ3n) is 5.51. The lowest BCUT2D eigenvalue weighted by atomic mass is 10.0. The van der Waals surface area contributed by atoms with Gasteiger partial charge in [0, 0.05) is 23.6 Å². The number of aliphatic carboxylic acids is 2. The Bertz CT molecular complexity index is 387. The zero-order valence-corrected chi connectivity index (χ0v) is 19.6. The largest absolute Gasteiger partial charge is 0.550 e. The number of carbonyl (C=O) groups excluding carboxylic acids is 2. The molecule has 0 spiro atoms. The molecule has 0 radical (unpaired) electrons. The molecule has 0 saturated heterocycles. The fourth-order valence-corrected chi connectivity index (χ4v) is 4.65. The van der Waals surface area contributed by atoms with Crippen LogP contribution in [0.3, 0.4) is 0 Å². The summed E-state index contributed by atoms with van der Waals surface area (Å²) >= 11 is 1.36. The molecule has 172 valence electrons. The molecule has 0 saturated carbocycles. The number of carboxylic acids is 2. The van der Waals surface area contributed by atoms with E-state index in [1.807, 2.05) is 0 Å². The summed E-state index contributed by atoms with van der Waals surface area (Å²) in [4.78, 5) is 21.5. The monoisotopic (exact) mass is 428 g/mol. The van der Waals surface area contributed by atoms with Crippen molar-refractivity contribution < 1.29 is 19.8 Å². The Kier molecular flexibility index (Phi) is 21.4. The Balaban J connectivity index is 3.35. The standard InChI is InChI=1S/C24H46O4S/c1-2-3-4-5-6-7-8-9-10-11-12-13-14-15-16-17-18-22(24(27)28)21-29-20-19-23(25)26/h22H,2-21H2,1H3,(H,25,26)(H,27,28)/p-2. The summed E-state index contributed by atoms with van der Waals surface area (Å²) in [7, 11) is 0. The van der Waals surface area contributed by atoms with Crippen LogP contribution in [-0.4, -0.2) is 23.4 Å². The quantitative estimate of drug-likeness (QED) is 0.217. The van der Waals surface area contributed by atoms with Crippen LogP contribution in [0.5, 0.6) is 0 Å². The highest BCUT2D eigenvalue weighted by Gasteiger charge is 2.09. The highest BCUT2D eigenvalue weighted by atomic mass is 32.2. The average molecular weight is 429 g/mol. The molecule has 0 aliphatic carbocycles. The molecule has 0 aromatic heterocycles. The van der Waals surface area contributed by atoms with E-state index in [0.29, 0.717) is 17.9 Å². The molecule has 0 heterocycles. The molecular weight excluding hydrogens is 384 g/mol. The predicted molar refractivity (Wildman–Crippen MR) is 120 cm³/mol. The van der Waals surface area contributed by atoms with E-state index in [0.717, 1.165) is 12.8 Å². The van der Waals surface area contributed by atoms with Crippen LogP contribution >= 0.6 is 11.8 Å². The third-order valence-corrected chi connectivity index (χ3v) is 6.64. The van der Waals surface area contributed by atoms with Crippen molar-refractivity contribution in [2.75, 3.05) is 11.5 Å². The number of unbranched alkanes of at least 4 members (excludes halogenated alkanes) is 15. The minimum absolute atomic E-state index is 0.0243. The van der Waals surface area contributed by atoms with Crippen molar-refractivity contribution in [2.45, 2.75) is 122 Å². The number of carboxylic acid groups (broad SMARTS) is 2. The topological polar surface area (TPSA) is 80.3 Å². The van der Waals surface area contributed by atoms with Crippen molar-refractivity contribution in [3.05, 3.63) is 0 Å². The molecule has 0 aliphatic rings. The number of hydrogen-bond donors (Lipinski definition) is 0. The minimum atomic E-state index is -1.08. The maximum Gasteiger partial charge on any atom is 0.0453 e. The molecule has 29 heavy (non-hydrogen) atoms. The molecule has 0 amide bonds. The Labute approximate surface area is 183 Å². The van der Waals surface area contributed by atoms with Crippen molar-refractivity contribution in [2.24, 2.45) is 5.92 Å². The normalized spacial score (nSPS) is 12.2. The molecule has 0 bridgehead atoms. The van der Waals surface area contributed by atoms with E-state index in [4.69, 9.17) is 0 Å². The van der Waals surface area contributed by atoms with Gasteiger partial charge in [0.1, 0.15) is 0 Å². The van der Waals surface area contributed by atoms with Gasteiger partial charge in [0.15, 0.2) is 0 Å². The summed E-state index contributed by atoms with van der Waals surface area (Å²) in [5.74, 6) is -1.71. The lowest BCUT2D eigenvalue weighted by molar-refractivity contribution is -0.311. The van der Waals surface area contributed by atoms with Crippen LogP contribution in [0.1, 0.15) is 122 Å². The number of thioether (sulfide) groups is 1. The molecule has 0 rings (SSSR count). The van der Waals surface area contributed by atoms with E-state index in [1.54, 1.807) is 0 Å². The fraction of sp³-hybridized carbons (Fsp3) is 0.917. The van der Waals surface area contributed by atoms with Gasteiger partial charge in [-0.05, 0) is 18.6 Å². The van der Waals surface area contributed by atoms with E-state index >= 15 is 0 Å². The first-order valence-corrected chi connectivity index (χ1v) is 13.2. The Morgan fingerprint density at radius 3 is 1.48 bits per heavy atom. The van der Waals surface area contributed by atoms with Crippen LogP contribution < -0.4 is 10.2 Å². The molecule has 0 aliphatic heterocycles. The van der Waals surface area contributed by atoms with Gasteiger partial charge in [-0.15, -0.1) is 0 Å². The van der Waals surface area contributed by atoms with Crippen LogP contribution in [0, 0.1) is 5.92 Å². The molecule has 1 atom stereocenters. The fourth-order valence-electron chi connectivity index (χ4n) is 3.59. The first kappa shape index (κ1) is 28.3. The van der Waals surface area contributed by atoms with Gasteiger partial charge in [0.25, 0.3) is 0 Å². The molecule has 0 aromatic rings. The van der Waals surface area contributed by atoms with E-state index in [1.165, 1.54) is 102 Å². The number of rotatable bonds is 23. The molecular formula is C24H44O4S-2. The van der Waals surface area contributed by atoms with Crippen LogP contribution in [0.2, 0.25) is 0 Å². The van der Waals surface area contributed by atoms with Crippen LogP contribution in [-0.2, 0) is 9.59 Å². The average Bonchev–Trinajstić information content (AvgIpc) is 2.68. The minimum Gasteiger partial charge on any atom is -0.550 e. The number of carbonyl (C=O) groups is 2. The highest BCUT2D eigenvalue weighted by molar-refractivity contribution is 7.99. The van der Waals surface area contributed by atoms with Gasteiger partial charge in [-0.2, -0.15) is 11.8 Å². The second kappa shape index (κ2) is 22.0. The highest BCUT2D eigenvalue weighted by Crippen LogP contribution is 2.18. The lowest BCUT2D eigenvalue weighted by Crippen LogP contribution is -2.33. The smallest absolute Gasteiger partial charge is 0.0453 e. The van der Waals surface area contributed by atoms with Crippen molar-refractivity contribution >= 4 is 23.7 Å². The van der Waals surface area contributed by atoms with Gasteiger partial charge in [0.2, 0.25) is 0 Å². The predicted octanol–water partition coefficient (Wildman–Crippen LogP) is 4.88. The van der Waals surface area contributed by atoms with Gasteiger partial charge >= 0.3 is 0 Å². The van der Waals surface area contributed by atoms with Crippen molar-refractivity contribution in [1.29, 1.82) is 0 Å². The van der Waals surface area contributed by atoms with Gasteiger partial charge < -0.3 is 19.8 Å². The van der Waals surface area contributed by atoms with Crippen LogP contribution in [0.25, 0.3) is 0 Å². The zero-order chi connectivity index (χ0) is 21.6. The zero-order valence-electron chi connectivity index (χ0n) is 18.8. The third kappa shape index (κ3) is 21.8. The Hall–Kier alpha value is -0.710.